The number of carbonyl (C=O) groups excluding carboxylic acids is 1. The van der Waals surface area contributed by atoms with Gasteiger partial charge in [0, 0.05) is 23.6 Å². The van der Waals surface area contributed by atoms with Gasteiger partial charge in [0.15, 0.2) is 0 Å². The van der Waals surface area contributed by atoms with Gasteiger partial charge in [0.1, 0.15) is 17.1 Å². The molecule has 118 valence electrons. The fourth-order valence-corrected chi connectivity index (χ4v) is 2.62. The van der Waals surface area contributed by atoms with Crippen LogP contribution in [0.1, 0.15) is 15.9 Å². The maximum atomic E-state index is 12.6. The van der Waals surface area contributed by atoms with E-state index in [1.165, 1.54) is 14.2 Å². The topological polar surface area (TPSA) is 63.4 Å². The van der Waals surface area contributed by atoms with Crippen molar-refractivity contribution in [3.63, 3.8) is 0 Å². The van der Waals surface area contributed by atoms with Gasteiger partial charge < -0.3 is 19.8 Å². The fourth-order valence-electron chi connectivity index (χ4n) is 2.62. The lowest BCUT2D eigenvalue weighted by atomic mass is 10.1. The molecule has 0 aliphatic carbocycles. The molecule has 0 saturated heterocycles. The van der Waals surface area contributed by atoms with Gasteiger partial charge in [-0.2, -0.15) is 0 Å². The minimum Gasteiger partial charge on any atom is -0.496 e. The zero-order valence-electron chi connectivity index (χ0n) is 13.1. The van der Waals surface area contributed by atoms with Gasteiger partial charge in [-0.25, -0.2) is 0 Å². The van der Waals surface area contributed by atoms with E-state index in [0.717, 1.165) is 16.5 Å². The van der Waals surface area contributed by atoms with Crippen LogP contribution < -0.4 is 14.8 Å². The average molecular weight is 310 g/mol. The number of fused-ring (bicyclic) bond motifs is 1. The predicted octanol–water partition coefficient (Wildman–Crippen LogP) is 3.12. The summed E-state index contributed by atoms with van der Waals surface area (Å²) in [5.74, 6) is 0.742. The first kappa shape index (κ1) is 15.0. The van der Waals surface area contributed by atoms with Crippen LogP contribution in [0.4, 0.5) is 0 Å². The van der Waals surface area contributed by atoms with E-state index in [4.69, 9.17) is 9.47 Å². The molecule has 5 nitrogen and oxygen atoms in total. The largest absolute Gasteiger partial charge is 0.496 e. The quantitative estimate of drug-likeness (QED) is 0.761. The van der Waals surface area contributed by atoms with E-state index in [9.17, 15) is 4.79 Å². The Hall–Kier alpha value is -2.95. The van der Waals surface area contributed by atoms with E-state index in [2.05, 4.69) is 10.3 Å². The van der Waals surface area contributed by atoms with Crippen LogP contribution in [0.2, 0.25) is 0 Å². The number of aromatic nitrogens is 1. The van der Waals surface area contributed by atoms with E-state index in [0.29, 0.717) is 23.6 Å². The Labute approximate surface area is 134 Å². The van der Waals surface area contributed by atoms with Crippen molar-refractivity contribution in [2.75, 3.05) is 14.2 Å². The SMILES string of the molecule is COc1cccc(OC)c1C(=O)NCc1c[nH]c2ccccc12. The third-order valence-electron chi connectivity index (χ3n) is 3.77. The molecule has 0 fully saturated rings. The molecule has 0 aliphatic heterocycles. The van der Waals surface area contributed by atoms with Gasteiger partial charge in [-0.3, -0.25) is 4.79 Å². The number of aromatic amines is 1. The van der Waals surface area contributed by atoms with Crippen LogP contribution in [0.5, 0.6) is 11.5 Å². The highest BCUT2D eigenvalue weighted by Crippen LogP contribution is 2.28. The summed E-state index contributed by atoms with van der Waals surface area (Å²) in [5.41, 5.74) is 2.48. The second-order valence-electron chi connectivity index (χ2n) is 5.08. The number of ether oxygens (including phenoxy) is 2. The summed E-state index contributed by atoms with van der Waals surface area (Å²) >= 11 is 0. The van der Waals surface area contributed by atoms with Gasteiger partial charge in [-0.05, 0) is 23.8 Å². The summed E-state index contributed by atoms with van der Waals surface area (Å²) in [5, 5.41) is 4.02. The standard InChI is InChI=1S/C18H18N2O3/c1-22-15-8-5-9-16(23-2)17(15)18(21)20-11-12-10-19-14-7-4-3-6-13(12)14/h3-10,19H,11H2,1-2H3,(H,20,21). The molecular weight excluding hydrogens is 292 g/mol. The third-order valence-corrected chi connectivity index (χ3v) is 3.77. The van der Waals surface area contributed by atoms with Crippen molar-refractivity contribution in [2.24, 2.45) is 0 Å². The average Bonchev–Trinajstić information content (AvgIpc) is 3.02. The molecule has 1 heterocycles. The summed E-state index contributed by atoms with van der Waals surface area (Å²) in [4.78, 5) is 15.8. The molecule has 0 radical (unpaired) electrons. The van der Waals surface area contributed by atoms with Crippen LogP contribution in [-0.2, 0) is 6.54 Å². The number of methoxy groups -OCH3 is 2. The molecule has 0 aliphatic rings. The molecule has 5 heteroatoms. The number of H-pyrrole nitrogens is 1. The maximum Gasteiger partial charge on any atom is 0.259 e. The molecule has 0 unspecified atom stereocenters. The second-order valence-corrected chi connectivity index (χ2v) is 5.08. The fraction of sp³-hybridized carbons (Fsp3) is 0.167. The van der Waals surface area contributed by atoms with Gasteiger partial charge in [-0.1, -0.05) is 24.3 Å². The molecule has 0 atom stereocenters. The monoisotopic (exact) mass is 310 g/mol. The van der Waals surface area contributed by atoms with Gasteiger partial charge in [0.05, 0.1) is 14.2 Å². The zero-order chi connectivity index (χ0) is 16.2. The summed E-state index contributed by atoms with van der Waals surface area (Å²) in [6.45, 7) is 0.421. The number of amides is 1. The van der Waals surface area contributed by atoms with E-state index < -0.39 is 0 Å². The Bertz CT molecular complexity index is 817. The molecule has 1 amide bonds. The van der Waals surface area contributed by atoms with Gasteiger partial charge in [-0.15, -0.1) is 0 Å². The smallest absolute Gasteiger partial charge is 0.259 e. The molecule has 0 saturated carbocycles. The highest BCUT2D eigenvalue weighted by molar-refractivity contribution is 6.00. The Kier molecular flexibility index (Phi) is 4.19. The van der Waals surface area contributed by atoms with Crippen LogP contribution in [0.25, 0.3) is 10.9 Å². The predicted molar refractivity (Wildman–Crippen MR) is 89.0 cm³/mol. The lowest BCUT2D eigenvalue weighted by molar-refractivity contribution is 0.0945. The lowest BCUT2D eigenvalue weighted by Gasteiger charge is -2.12. The van der Waals surface area contributed by atoms with Crippen LogP contribution in [0.3, 0.4) is 0 Å². The van der Waals surface area contributed by atoms with Crippen LogP contribution in [0.15, 0.2) is 48.7 Å². The Balaban J connectivity index is 1.83. The Morgan fingerprint density at radius 3 is 2.43 bits per heavy atom. The zero-order valence-corrected chi connectivity index (χ0v) is 13.1. The van der Waals surface area contributed by atoms with Crippen molar-refractivity contribution >= 4 is 16.8 Å². The van der Waals surface area contributed by atoms with E-state index >= 15 is 0 Å². The van der Waals surface area contributed by atoms with Crippen molar-refractivity contribution in [2.45, 2.75) is 6.54 Å². The first-order valence-electron chi connectivity index (χ1n) is 7.28. The number of benzene rings is 2. The maximum absolute atomic E-state index is 12.6. The highest BCUT2D eigenvalue weighted by atomic mass is 16.5. The van der Waals surface area contributed by atoms with E-state index in [1.807, 2.05) is 30.5 Å². The van der Waals surface area contributed by atoms with Crippen molar-refractivity contribution in [1.29, 1.82) is 0 Å². The summed E-state index contributed by atoms with van der Waals surface area (Å²) in [6.07, 6.45) is 1.91. The van der Waals surface area contributed by atoms with Gasteiger partial charge in [0.2, 0.25) is 0 Å². The second kappa shape index (κ2) is 6.44. The van der Waals surface area contributed by atoms with Crippen molar-refractivity contribution < 1.29 is 14.3 Å². The molecule has 3 aromatic rings. The van der Waals surface area contributed by atoms with Gasteiger partial charge >= 0.3 is 0 Å². The number of nitrogens with one attached hydrogen (secondary N) is 2. The minimum absolute atomic E-state index is 0.232. The number of carbonyl (C=O) groups is 1. The molecule has 23 heavy (non-hydrogen) atoms. The molecule has 3 rings (SSSR count). The minimum atomic E-state index is -0.232. The first-order chi connectivity index (χ1) is 11.2. The van der Waals surface area contributed by atoms with E-state index in [-0.39, 0.29) is 5.91 Å². The molecule has 0 bridgehead atoms. The van der Waals surface area contributed by atoms with Crippen molar-refractivity contribution in [3.8, 4) is 11.5 Å². The Morgan fingerprint density at radius 2 is 1.74 bits per heavy atom. The molecule has 1 aromatic heterocycles. The first-order valence-corrected chi connectivity index (χ1v) is 7.28. The number of hydrogen-bond acceptors (Lipinski definition) is 3. The van der Waals surface area contributed by atoms with Crippen molar-refractivity contribution in [3.05, 3.63) is 59.8 Å². The molecule has 2 N–H and O–H groups in total. The van der Waals surface area contributed by atoms with Crippen LogP contribution >= 0.6 is 0 Å². The Morgan fingerprint density at radius 1 is 1.04 bits per heavy atom. The summed E-state index contributed by atoms with van der Waals surface area (Å²) in [6, 6.07) is 13.2. The van der Waals surface area contributed by atoms with Gasteiger partial charge in [0.25, 0.3) is 5.91 Å². The number of rotatable bonds is 5. The third kappa shape index (κ3) is 2.85. The van der Waals surface area contributed by atoms with Crippen molar-refractivity contribution in [1.82, 2.24) is 10.3 Å². The number of para-hydroxylation sites is 1. The normalized spacial score (nSPS) is 10.5. The summed E-state index contributed by atoms with van der Waals surface area (Å²) in [7, 11) is 3.07. The number of hydrogen-bond donors (Lipinski definition) is 2. The highest BCUT2D eigenvalue weighted by Gasteiger charge is 2.18. The lowest BCUT2D eigenvalue weighted by Crippen LogP contribution is -2.23. The molecule has 0 spiro atoms. The van der Waals surface area contributed by atoms with E-state index in [1.54, 1.807) is 18.2 Å². The van der Waals surface area contributed by atoms with Crippen LogP contribution in [-0.4, -0.2) is 25.1 Å². The molecular formula is C18H18N2O3. The molecule has 2 aromatic carbocycles. The van der Waals surface area contributed by atoms with Crippen LogP contribution in [0, 0.1) is 0 Å². The summed E-state index contributed by atoms with van der Waals surface area (Å²) < 4.78 is 10.5.